The Morgan fingerprint density at radius 1 is 1.35 bits per heavy atom. The van der Waals surface area contributed by atoms with Crippen LogP contribution in [-0.4, -0.2) is 18.1 Å². The number of hydrogen-bond acceptors (Lipinski definition) is 3. The zero-order valence-corrected chi connectivity index (χ0v) is 12.5. The van der Waals surface area contributed by atoms with Gasteiger partial charge in [0.15, 0.2) is 0 Å². The van der Waals surface area contributed by atoms with E-state index in [1.165, 1.54) is 36.3 Å². The summed E-state index contributed by atoms with van der Waals surface area (Å²) in [6.45, 7) is 11.2. The Balaban J connectivity index is 2.51. The summed E-state index contributed by atoms with van der Waals surface area (Å²) in [5.74, 6) is 0. The lowest BCUT2D eigenvalue weighted by Crippen LogP contribution is -2.32. The molecule has 17 heavy (non-hydrogen) atoms. The zero-order chi connectivity index (χ0) is 12.7. The highest BCUT2D eigenvalue weighted by molar-refractivity contribution is 7.09. The average molecular weight is 254 g/mol. The van der Waals surface area contributed by atoms with Crippen LogP contribution in [0.25, 0.3) is 0 Å². The molecular weight excluding hydrogens is 228 g/mol. The van der Waals surface area contributed by atoms with Crippen LogP contribution in [0.3, 0.4) is 0 Å². The minimum Gasteiger partial charge on any atom is -0.316 e. The second kappa shape index (κ2) is 7.12. The maximum Gasteiger partial charge on any atom is 0.0797 e. The van der Waals surface area contributed by atoms with Crippen molar-refractivity contribution in [3.05, 3.63) is 16.1 Å². The van der Waals surface area contributed by atoms with Crippen LogP contribution in [0.5, 0.6) is 0 Å². The van der Waals surface area contributed by atoms with Crippen molar-refractivity contribution in [1.29, 1.82) is 0 Å². The highest BCUT2D eigenvalue weighted by Gasteiger charge is 2.23. The van der Waals surface area contributed by atoms with Gasteiger partial charge in [-0.2, -0.15) is 0 Å². The van der Waals surface area contributed by atoms with Gasteiger partial charge in [0.2, 0.25) is 0 Å². The first-order valence-electron chi connectivity index (χ1n) is 6.71. The largest absolute Gasteiger partial charge is 0.316 e. The number of aromatic nitrogens is 1. The highest BCUT2D eigenvalue weighted by atomic mass is 32.1. The molecule has 1 aromatic rings. The molecule has 2 nitrogen and oxygen atoms in total. The monoisotopic (exact) mass is 254 g/mol. The van der Waals surface area contributed by atoms with Crippen LogP contribution in [0.15, 0.2) is 5.51 Å². The molecule has 1 aromatic heterocycles. The fraction of sp³-hybridized carbons (Fsp3) is 0.786. The second-order valence-electron chi connectivity index (χ2n) is 5.20. The summed E-state index contributed by atoms with van der Waals surface area (Å²) in [6, 6.07) is 0. The summed E-state index contributed by atoms with van der Waals surface area (Å²) in [6.07, 6.45) is 5.01. The fourth-order valence-electron chi connectivity index (χ4n) is 2.31. The van der Waals surface area contributed by atoms with Crippen molar-refractivity contribution in [2.75, 3.05) is 13.1 Å². The molecule has 0 saturated carbocycles. The lowest BCUT2D eigenvalue weighted by atomic mass is 9.81. The number of rotatable bonds is 8. The van der Waals surface area contributed by atoms with Gasteiger partial charge in [0, 0.05) is 11.4 Å². The van der Waals surface area contributed by atoms with Crippen LogP contribution in [0, 0.1) is 12.3 Å². The van der Waals surface area contributed by atoms with E-state index in [2.05, 4.69) is 38.0 Å². The maximum atomic E-state index is 4.33. The van der Waals surface area contributed by atoms with Gasteiger partial charge in [-0.25, -0.2) is 4.98 Å². The third kappa shape index (κ3) is 4.76. The standard InChI is InChI=1S/C14H26N2S/c1-5-8-14(4,10-15-6-2)9-7-13-12(3)16-11-17-13/h11,15H,5-10H2,1-4H3. The molecular formula is C14H26N2S. The van der Waals surface area contributed by atoms with Gasteiger partial charge in [0.1, 0.15) is 0 Å². The Hall–Kier alpha value is -0.410. The molecule has 1 heterocycles. The van der Waals surface area contributed by atoms with Crippen LogP contribution in [0.1, 0.15) is 50.6 Å². The molecule has 0 spiro atoms. The molecule has 0 amide bonds. The van der Waals surface area contributed by atoms with Crippen LogP contribution in [0.2, 0.25) is 0 Å². The van der Waals surface area contributed by atoms with Crippen molar-refractivity contribution >= 4 is 11.3 Å². The van der Waals surface area contributed by atoms with Crippen LogP contribution >= 0.6 is 11.3 Å². The van der Waals surface area contributed by atoms with Crippen molar-refractivity contribution in [2.24, 2.45) is 5.41 Å². The Bertz CT molecular complexity index is 322. The minimum absolute atomic E-state index is 0.432. The lowest BCUT2D eigenvalue weighted by Gasteiger charge is -2.29. The van der Waals surface area contributed by atoms with E-state index in [1.54, 1.807) is 11.3 Å². The number of aryl methyl sites for hydroxylation is 2. The summed E-state index contributed by atoms with van der Waals surface area (Å²) in [4.78, 5) is 5.79. The molecule has 0 radical (unpaired) electrons. The molecule has 1 atom stereocenters. The van der Waals surface area contributed by atoms with E-state index in [9.17, 15) is 0 Å². The van der Waals surface area contributed by atoms with Crippen LogP contribution < -0.4 is 5.32 Å². The van der Waals surface area contributed by atoms with Crippen molar-refractivity contribution in [2.45, 2.75) is 53.4 Å². The Morgan fingerprint density at radius 2 is 2.12 bits per heavy atom. The van der Waals surface area contributed by atoms with Gasteiger partial charge >= 0.3 is 0 Å². The second-order valence-corrected chi connectivity index (χ2v) is 6.14. The Morgan fingerprint density at radius 3 is 2.65 bits per heavy atom. The summed E-state index contributed by atoms with van der Waals surface area (Å²) < 4.78 is 0. The number of thiazole rings is 1. The molecule has 3 heteroatoms. The molecule has 0 aliphatic carbocycles. The predicted octanol–water partition coefficient (Wildman–Crippen LogP) is 3.80. The molecule has 0 aromatic carbocycles. The first-order valence-corrected chi connectivity index (χ1v) is 7.59. The van der Waals surface area contributed by atoms with E-state index >= 15 is 0 Å². The van der Waals surface area contributed by atoms with E-state index < -0.39 is 0 Å². The third-order valence-electron chi connectivity index (χ3n) is 3.46. The fourth-order valence-corrected chi connectivity index (χ4v) is 3.09. The van der Waals surface area contributed by atoms with Crippen molar-refractivity contribution in [1.82, 2.24) is 10.3 Å². The number of nitrogens with one attached hydrogen (secondary N) is 1. The molecule has 1 rings (SSSR count). The topological polar surface area (TPSA) is 24.9 Å². The molecule has 98 valence electrons. The van der Waals surface area contributed by atoms with Gasteiger partial charge in [-0.3, -0.25) is 0 Å². The van der Waals surface area contributed by atoms with Crippen molar-refractivity contribution < 1.29 is 0 Å². The molecule has 1 N–H and O–H groups in total. The van der Waals surface area contributed by atoms with Gasteiger partial charge in [0.25, 0.3) is 0 Å². The Labute approximate surface area is 110 Å². The lowest BCUT2D eigenvalue weighted by molar-refractivity contribution is 0.258. The normalized spacial score (nSPS) is 14.8. The van der Waals surface area contributed by atoms with Crippen molar-refractivity contribution in [3.8, 4) is 0 Å². The maximum absolute atomic E-state index is 4.33. The molecule has 0 aliphatic heterocycles. The SMILES string of the molecule is CCCC(C)(CCc1scnc1C)CNCC. The quantitative estimate of drug-likeness (QED) is 0.763. The van der Waals surface area contributed by atoms with E-state index in [-0.39, 0.29) is 0 Å². The molecule has 1 unspecified atom stereocenters. The molecule has 0 bridgehead atoms. The van der Waals surface area contributed by atoms with Crippen molar-refractivity contribution in [3.63, 3.8) is 0 Å². The summed E-state index contributed by atoms with van der Waals surface area (Å²) in [7, 11) is 0. The number of nitrogens with zero attached hydrogens (tertiary/aromatic N) is 1. The van der Waals surface area contributed by atoms with Gasteiger partial charge in [0.05, 0.1) is 11.2 Å². The summed E-state index contributed by atoms with van der Waals surface area (Å²) in [5.41, 5.74) is 3.62. The Kier molecular flexibility index (Phi) is 6.14. The third-order valence-corrected chi connectivity index (χ3v) is 4.45. The number of hydrogen-bond donors (Lipinski definition) is 1. The van der Waals surface area contributed by atoms with Gasteiger partial charge in [-0.05, 0) is 38.1 Å². The molecule has 0 fully saturated rings. The van der Waals surface area contributed by atoms with Gasteiger partial charge < -0.3 is 5.32 Å². The minimum atomic E-state index is 0.432. The molecule has 0 saturated heterocycles. The van der Waals surface area contributed by atoms with E-state index in [4.69, 9.17) is 0 Å². The summed E-state index contributed by atoms with van der Waals surface area (Å²) >= 11 is 1.80. The van der Waals surface area contributed by atoms with Crippen LogP contribution in [0.4, 0.5) is 0 Å². The highest BCUT2D eigenvalue weighted by Crippen LogP contribution is 2.30. The van der Waals surface area contributed by atoms with Gasteiger partial charge in [-0.15, -0.1) is 11.3 Å². The first kappa shape index (κ1) is 14.7. The van der Waals surface area contributed by atoms with E-state index in [0.717, 1.165) is 13.1 Å². The van der Waals surface area contributed by atoms with Crippen LogP contribution in [-0.2, 0) is 6.42 Å². The van der Waals surface area contributed by atoms with E-state index in [0.29, 0.717) is 5.41 Å². The predicted molar refractivity (Wildman–Crippen MR) is 76.7 cm³/mol. The van der Waals surface area contributed by atoms with E-state index in [1.807, 2.05) is 5.51 Å². The molecule has 0 aliphatic rings. The first-order chi connectivity index (χ1) is 8.11. The smallest absolute Gasteiger partial charge is 0.0797 e. The summed E-state index contributed by atoms with van der Waals surface area (Å²) in [5, 5.41) is 3.51. The van der Waals surface area contributed by atoms with Gasteiger partial charge in [-0.1, -0.05) is 27.2 Å². The zero-order valence-electron chi connectivity index (χ0n) is 11.7. The average Bonchev–Trinajstić information content (AvgIpc) is 2.70.